The number of ketones is 2. The van der Waals surface area contributed by atoms with E-state index in [1.54, 1.807) is 13.8 Å². The highest BCUT2D eigenvalue weighted by Gasteiger charge is 2.57. The largest absolute Gasteiger partial charge is 0.504 e. The number of carbonyl (C=O) groups is 3. The number of hydrogen-bond acceptors (Lipinski definition) is 10. The highest BCUT2D eigenvalue weighted by atomic mass is 16.5. The maximum Gasteiger partial charge on any atom is 0.236 e. The van der Waals surface area contributed by atoms with Crippen LogP contribution >= 0.6 is 0 Å². The summed E-state index contributed by atoms with van der Waals surface area (Å²) in [5.41, 5.74) is 9.01. The van der Waals surface area contributed by atoms with Gasteiger partial charge in [0.2, 0.25) is 11.7 Å². The Balaban J connectivity index is 1.72. The zero-order valence-corrected chi connectivity index (χ0v) is 23.6. The number of nitrogens with zero attached hydrogens (tertiary/aromatic N) is 3. The molecule has 2 bridgehead atoms. The molecule has 0 radical (unpaired) electrons. The number of rotatable bonds is 5. The highest BCUT2D eigenvalue weighted by molar-refractivity contribution is 6.25. The topological polar surface area (TPSA) is 158 Å². The number of phenols is 1. The van der Waals surface area contributed by atoms with Crippen LogP contribution in [0.1, 0.15) is 43.0 Å². The molecular formula is C29H35N5O6. The predicted molar refractivity (Wildman–Crippen MR) is 144 cm³/mol. The van der Waals surface area contributed by atoms with Gasteiger partial charge in [0.1, 0.15) is 6.04 Å². The summed E-state index contributed by atoms with van der Waals surface area (Å²) < 4.78 is 10.9. The normalized spacial score (nSPS) is 28.8. The van der Waals surface area contributed by atoms with Gasteiger partial charge in [-0.05, 0) is 51.8 Å². The van der Waals surface area contributed by atoms with Crippen LogP contribution in [0.3, 0.4) is 0 Å². The number of fused-ring (bicyclic) bond motifs is 6. The average molecular weight is 550 g/mol. The quantitative estimate of drug-likeness (QED) is 0.448. The van der Waals surface area contributed by atoms with Gasteiger partial charge in [-0.25, -0.2) is 0 Å². The van der Waals surface area contributed by atoms with Gasteiger partial charge in [0.05, 0.1) is 38.4 Å². The van der Waals surface area contributed by atoms with Crippen LogP contribution in [-0.4, -0.2) is 90.4 Å². The van der Waals surface area contributed by atoms with Crippen molar-refractivity contribution in [2.45, 2.75) is 69.9 Å². The number of nitrogens with two attached hydrogens (primary N) is 1. The molecule has 212 valence electrons. The van der Waals surface area contributed by atoms with Crippen molar-refractivity contribution < 1.29 is 29.0 Å². The molecular weight excluding hydrogens is 514 g/mol. The average Bonchev–Trinajstić information content (AvgIpc) is 2.91. The van der Waals surface area contributed by atoms with E-state index in [-0.39, 0.29) is 47.4 Å². The second-order valence-electron chi connectivity index (χ2n) is 11.1. The van der Waals surface area contributed by atoms with Gasteiger partial charge in [-0.15, -0.1) is 0 Å². The summed E-state index contributed by atoms with van der Waals surface area (Å²) in [4.78, 5) is 44.1. The maximum absolute atomic E-state index is 13.8. The third-order valence-corrected chi connectivity index (χ3v) is 8.95. The number of piperazine rings is 1. The van der Waals surface area contributed by atoms with E-state index in [4.69, 9.17) is 15.2 Å². The molecule has 0 aromatic heterocycles. The van der Waals surface area contributed by atoms with Gasteiger partial charge >= 0.3 is 0 Å². The number of benzene rings is 1. The van der Waals surface area contributed by atoms with Crippen molar-refractivity contribution in [3.63, 3.8) is 0 Å². The van der Waals surface area contributed by atoms with Gasteiger partial charge in [0, 0.05) is 40.9 Å². The first-order chi connectivity index (χ1) is 19.0. The molecule has 1 aromatic rings. The van der Waals surface area contributed by atoms with Crippen LogP contribution in [0.25, 0.3) is 0 Å². The van der Waals surface area contributed by atoms with Crippen LogP contribution in [0.15, 0.2) is 28.5 Å². The lowest BCUT2D eigenvalue weighted by molar-refractivity contribution is -0.125. The molecule has 11 nitrogen and oxygen atoms in total. The number of ether oxygens (including phenoxy) is 2. The molecule has 1 aliphatic carbocycles. The molecule has 4 aliphatic rings. The second-order valence-corrected chi connectivity index (χ2v) is 11.1. The number of Topliss-reactive ketones (excluding diaryl/α,β-unsaturated/α-hetero) is 2. The number of aryl methyl sites for hydroxylation is 1. The van der Waals surface area contributed by atoms with E-state index < -0.39 is 41.9 Å². The molecule has 1 aromatic carbocycles. The van der Waals surface area contributed by atoms with Gasteiger partial charge in [0.15, 0.2) is 23.0 Å². The first-order valence-corrected chi connectivity index (χ1v) is 13.4. The van der Waals surface area contributed by atoms with E-state index in [0.29, 0.717) is 23.3 Å². The number of phenolic OH excluding ortho intramolecular Hbond substituents is 1. The predicted octanol–water partition coefficient (Wildman–Crippen LogP) is 0.788. The van der Waals surface area contributed by atoms with Crippen LogP contribution < -0.4 is 15.8 Å². The Bertz CT molecular complexity index is 1420. The number of methoxy groups -OCH3 is 2. The van der Waals surface area contributed by atoms with Gasteiger partial charge in [-0.3, -0.25) is 24.2 Å². The van der Waals surface area contributed by atoms with Gasteiger partial charge in [-0.2, -0.15) is 5.26 Å². The maximum atomic E-state index is 13.8. The number of aromatic hydroxyl groups is 1. The Hall–Kier alpha value is -3.72. The minimum Gasteiger partial charge on any atom is -0.504 e. The van der Waals surface area contributed by atoms with Crippen LogP contribution in [-0.2, 0) is 25.5 Å². The van der Waals surface area contributed by atoms with Crippen molar-refractivity contribution in [1.29, 1.82) is 5.26 Å². The number of amides is 1. The molecule has 4 N–H and O–H groups in total. The number of hydrogen-bond donors (Lipinski definition) is 3. The number of nitrogens with one attached hydrogen (secondary N) is 1. The van der Waals surface area contributed by atoms with Crippen LogP contribution in [0.4, 0.5) is 0 Å². The summed E-state index contributed by atoms with van der Waals surface area (Å²) in [6.07, 6.45) is 0.670. The fourth-order valence-corrected chi connectivity index (χ4v) is 7.17. The van der Waals surface area contributed by atoms with Crippen LogP contribution in [0.2, 0.25) is 0 Å². The zero-order valence-electron chi connectivity index (χ0n) is 23.6. The fourth-order valence-electron chi connectivity index (χ4n) is 7.17. The van der Waals surface area contributed by atoms with Crippen molar-refractivity contribution in [3.8, 4) is 17.6 Å². The Kier molecular flexibility index (Phi) is 6.98. The van der Waals surface area contributed by atoms with E-state index >= 15 is 0 Å². The molecule has 0 spiro atoms. The van der Waals surface area contributed by atoms with Crippen molar-refractivity contribution in [1.82, 2.24) is 15.1 Å². The molecule has 0 unspecified atom stereocenters. The lowest BCUT2D eigenvalue weighted by Gasteiger charge is -2.60. The zero-order chi connectivity index (χ0) is 29.2. The Labute approximate surface area is 233 Å². The third-order valence-electron chi connectivity index (χ3n) is 8.95. The molecule has 1 fully saturated rings. The molecule has 0 saturated carbocycles. The number of carbonyl (C=O) groups excluding carboxylic acids is 3. The Morgan fingerprint density at radius 2 is 1.93 bits per heavy atom. The SMILES string of the molecule is COC1=C(C)C(=O)C2=C(C1=O)[C@H](CNC(=O)[C@@H](C)N)N1[C@@H](C#N)[C@H]3Cc4cc(C)c(OC)c(O)c4[C@@H]([C@@H]1C2)N3C. The standard InChI is InChI=1S/C29H35N5O6/c1-12-7-15-8-17-19(10-30)34-18(23(33(17)4)21(15)25(36)27(12)39-5)9-16-22(20(34)11-32-29(38)14(3)31)26(37)28(40-6)13(2)24(16)35/h7,14,17-20,23,36H,8-9,11,31H2,1-6H3,(H,32,38)/t14-,17-,18+,19+,20+,23-/m1/s1. The van der Waals surface area contributed by atoms with Crippen LogP contribution in [0.5, 0.6) is 11.5 Å². The lowest BCUT2D eigenvalue weighted by atomic mass is 9.69. The fraction of sp³-hybridized carbons (Fsp3) is 0.517. The monoisotopic (exact) mass is 549 g/mol. The van der Waals surface area contributed by atoms with E-state index in [2.05, 4.69) is 16.3 Å². The molecule has 6 atom stereocenters. The first-order valence-electron chi connectivity index (χ1n) is 13.4. The Morgan fingerprint density at radius 1 is 1.23 bits per heavy atom. The van der Waals surface area contributed by atoms with Gasteiger partial charge < -0.3 is 25.6 Å². The summed E-state index contributed by atoms with van der Waals surface area (Å²) in [5.74, 6) is -0.749. The van der Waals surface area contributed by atoms with Crippen molar-refractivity contribution in [2.24, 2.45) is 5.73 Å². The van der Waals surface area contributed by atoms with Crippen molar-refractivity contribution >= 4 is 17.5 Å². The molecule has 11 heteroatoms. The molecule has 3 aliphatic heterocycles. The summed E-state index contributed by atoms with van der Waals surface area (Å²) in [7, 11) is 4.78. The Morgan fingerprint density at radius 3 is 2.52 bits per heavy atom. The summed E-state index contributed by atoms with van der Waals surface area (Å²) in [6.45, 7) is 4.97. The van der Waals surface area contributed by atoms with Crippen molar-refractivity contribution in [3.05, 3.63) is 45.2 Å². The second kappa shape index (κ2) is 10.0. The third kappa shape index (κ3) is 3.85. The summed E-state index contributed by atoms with van der Waals surface area (Å²) >= 11 is 0. The first kappa shape index (κ1) is 27.8. The summed E-state index contributed by atoms with van der Waals surface area (Å²) in [6, 6.07) is 1.07. The molecule has 5 rings (SSSR count). The van der Waals surface area contributed by atoms with E-state index in [1.165, 1.54) is 14.2 Å². The number of likely N-dealkylation sites (N-methyl/N-ethyl adjacent to an activating group) is 1. The van der Waals surface area contributed by atoms with E-state index in [1.807, 2.05) is 24.9 Å². The molecule has 40 heavy (non-hydrogen) atoms. The van der Waals surface area contributed by atoms with E-state index in [9.17, 15) is 24.8 Å². The number of allylic oxidation sites excluding steroid dienone is 2. The highest BCUT2D eigenvalue weighted by Crippen LogP contribution is 2.53. The smallest absolute Gasteiger partial charge is 0.236 e. The minimum absolute atomic E-state index is 0.0256. The van der Waals surface area contributed by atoms with E-state index in [0.717, 1.165) is 11.1 Å². The van der Waals surface area contributed by atoms with Crippen molar-refractivity contribution in [2.75, 3.05) is 27.8 Å². The van der Waals surface area contributed by atoms with Gasteiger partial charge in [-0.1, -0.05) is 6.07 Å². The lowest BCUT2D eigenvalue weighted by Crippen LogP contribution is -2.71. The molecule has 3 heterocycles. The molecule has 1 amide bonds. The molecule has 1 saturated heterocycles. The van der Waals surface area contributed by atoms with Crippen LogP contribution in [0, 0.1) is 18.3 Å². The summed E-state index contributed by atoms with van der Waals surface area (Å²) in [5, 5.41) is 24.8. The number of nitriles is 1. The minimum atomic E-state index is -0.787. The van der Waals surface area contributed by atoms with Gasteiger partial charge in [0.25, 0.3) is 0 Å².